The van der Waals surface area contributed by atoms with Crippen LogP contribution in [0, 0.1) is 0 Å². The van der Waals surface area contributed by atoms with Crippen molar-refractivity contribution in [2.45, 2.75) is 6.42 Å². The fourth-order valence-corrected chi connectivity index (χ4v) is 1.22. The van der Waals surface area contributed by atoms with Crippen molar-refractivity contribution in [3.05, 3.63) is 66.8 Å². The van der Waals surface area contributed by atoms with E-state index in [1.54, 1.807) is 13.2 Å². The van der Waals surface area contributed by atoms with Crippen LogP contribution in [0.4, 0.5) is 0 Å². The number of ether oxygens (including phenoxy) is 1. The van der Waals surface area contributed by atoms with E-state index in [4.69, 9.17) is 4.74 Å². The molecule has 0 bridgehead atoms. The fraction of sp³-hybridized carbons (Fsp3) is 0.143. The second-order valence-corrected chi connectivity index (χ2v) is 3.10. The number of hydrogen-bond donors (Lipinski definition) is 0. The van der Waals surface area contributed by atoms with E-state index in [2.05, 4.69) is 18.7 Å². The predicted molar refractivity (Wildman–Crippen MR) is 65.2 cm³/mol. The Morgan fingerprint density at radius 3 is 2.87 bits per heavy atom. The maximum atomic E-state index is 5.15. The van der Waals surface area contributed by atoms with Crippen molar-refractivity contribution in [3.63, 3.8) is 0 Å². The molecule has 0 fully saturated rings. The molecule has 0 N–H and O–H groups in total. The molecule has 1 aromatic carbocycles. The molecule has 0 spiro atoms. The molecule has 1 nitrogen and oxygen atoms in total. The average Bonchev–Trinajstić information content (AvgIpc) is 2.29. The van der Waals surface area contributed by atoms with E-state index < -0.39 is 0 Å². The molecule has 0 aliphatic rings. The lowest BCUT2D eigenvalue weighted by Gasteiger charge is -2.01. The minimum Gasteiger partial charge on any atom is -0.497 e. The SMILES string of the molecule is C=C/C=C\C=C/Cc1cccc(OC)c1. The van der Waals surface area contributed by atoms with E-state index in [1.807, 2.05) is 36.4 Å². The molecule has 0 aliphatic carbocycles. The normalized spacial score (nSPS) is 11.0. The van der Waals surface area contributed by atoms with Crippen LogP contribution in [0.25, 0.3) is 0 Å². The standard InChI is InChI=1S/C14H16O/c1-3-4-5-6-7-9-13-10-8-11-14(12-13)15-2/h3-8,10-12H,1,9H2,2H3/b5-4-,7-6-. The summed E-state index contributed by atoms with van der Waals surface area (Å²) in [7, 11) is 1.68. The number of hydrogen-bond acceptors (Lipinski definition) is 1. The third kappa shape index (κ3) is 4.32. The highest BCUT2D eigenvalue weighted by Crippen LogP contribution is 2.12. The first kappa shape index (κ1) is 11.3. The van der Waals surface area contributed by atoms with Crippen LogP contribution in [-0.4, -0.2) is 7.11 Å². The second kappa shape index (κ2) is 6.66. The Morgan fingerprint density at radius 2 is 2.13 bits per heavy atom. The van der Waals surface area contributed by atoms with Gasteiger partial charge in [0.2, 0.25) is 0 Å². The lowest BCUT2D eigenvalue weighted by Crippen LogP contribution is -1.85. The van der Waals surface area contributed by atoms with E-state index in [1.165, 1.54) is 5.56 Å². The molecule has 15 heavy (non-hydrogen) atoms. The first-order valence-corrected chi connectivity index (χ1v) is 4.94. The summed E-state index contributed by atoms with van der Waals surface area (Å²) in [5.41, 5.74) is 1.25. The quantitative estimate of drug-likeness (QED) is 0.661. The molecule has 0 saturated carbocycles. The van der Waals surface area contributed by atoms with Crippen molar-refractivity contribution < 1.29 is 4.74 Å². The maximum Gasteiger partial charge on any atom is 0.119 e. The van der Waals surface area contributed by atoms with Gasteiger partial charge < -0.3 is 4.74 Å². The molecule has 0 aliphatic heterocycles. The van der Waals surface area contributed by atoms with Crippen LogP contribution < -0.4 is 4.74 Å². The van der Waals surface area contributed by atoms with Crippen LogP contribution in [0.5, 0.6) is 5.75 Å². The average molecular weight is 200 g/mol. The van der Waals surface area contributed by atoms with Gasteiger partial charge in [-0.2, -0.15) is 0 Å². The van der Waals surface area contributed by atoms with Crippen molar-refractivity contribution in [2.24, 2.45) is 0 Å². The van der Waals surface area contributed by atoms with Gasteiger partial charge in [0.1, 0.15) is 5.75 Å². The van der Waals surface area contributed by atoms with Crippen molar-refractivity contribution in [2.75, 3.05) is 7.11 Å². The van der Waals surface area contributed by atoms with Gasteiger partial charge in [-0.3, -0.25) is 0 Å². The Kier molecular flexibility index (Phi) is 5.02. The van der Waals surface area contributed by atoms with Crippen LogP contribution in [0.3, 0.4) is 0 Å². The van der Waals surface area contributed by atoms with Crippen LogP contribution in [0.2, 0.25) is 0 Å². The zero-order chi connectivity index (χ0) is 10.9. The Bertz CT molecular complexity index is 361. The molecular formula is C14H16O. The highest BCUT2D eigenvalue weighted by Gasteiger charge is 1.92. The van der Waals surface area contributed by atoms with E-state index in [0.29, 0.717) is 0 Å². The van der Waals surface area contributed by atoms with Gasteiger partial charge in [0.05, 0.1) is 7.11 Å². The first-order valence-electron chi connectivity index (χ1n) is 4.94. The smallest absolute Gasteiger partial charge is 0.119 e. The molecule has 0 amide bonds. The summed E-state index contributed by atoms with van der Waals surface area (Å²) >= 11 is 0. The molecular weight excluding hydrogens is 184 g/mol. The van der Waals surface area contributed by atoms with E-state index in [-0.39, 0.29) is 0 Å². The van der Waals surface area contributed by atoms with Crippen LogP contribution in [-0.2, 0) is 6.42 Å². The van der Waals surface area contributed by atoms with E-state index in [0.717, 1.165) is 12.2 Å². The largest absolute Gasteiger partial charge is 0.497 e. The van der Waals surface area contributed by atoms with Gasteiger partial charge in [0.25, 0.3) is 0 Å². The molecule has 0 aromatic heterocycles. The fourth-order valence-electron chi connectivity index (χ4n) is 1.22. The van der Waals surface area contributed by atoms with Crippen molar-refractivity contribution in [1.82, 2.24) is 0 Å². The first-order chi connectivity index (χ1) is 7.36. The molecule has 0 heterocycles. The van der Waals surface area contributed by atoms with E-state index >= 15 is 0 Å². The second-order valence-electron chi connectivity index (χ2n) is 3.10. The molecule has 0 atom stereocenters. The maximum absolute atomic E-state index is 5.15. The predicted octanol–water partition coefficient (Wildman–Crippen LogP) is 3.54. The third-order valence-electron chi connectivity index (χ3n) is 1.98. The van der Waals surface area contributed by atoms with Crippen molar-refractivity contribution >= 4 is 0 Å². The number of rotatable bonds is 5. The summed E-state index contributed by atoms with van der Waals surface area (Å²) in [4.78, 5) is 0. The van der Waals surface area contributed by atoms with Crippen molar-refractivity contribution in [1.29, 1.82) is 0 Å². The minimum absolute atomic E-state index is 0.905. The Hall–Kier alpha value is -1.76. The molecule has 0 unspecified atom stereocenters. The van der Waals surface area contributed by atoms with Gasteiger partial charge in [-0.25, -0.2) is 0 Å². The topological polar surface area (TPSA) is 9.23 Å². The summed E-state index contributed by atoms with van der Waals surface area (Å²) in [6.07, 6.45) is 10.7. The van der Waals surface area contributed by atoms with Gasteiger partial charge in [0, 0.05) is 0 Å². The zero-order valence-electron chi connectivity index (χ0n) is 9.02. The van der Waals surface area contributed by atoms with Crippen LogP contribution in [0.15, 0.2) is 61.2 Å². The molecule has 1 heteroatoms. The summed E-state index contributed by atoms with van der Waals surface area (Å²) in [6, 6.07) is 8.08. The molecule has 1 aromatic rings. The highest BCUT2D eigenvalue weighted by molar-refractivity contribution is 5.29. The van der Waals surface area contributed by atoms with Gasteiger partial charge in [0.15, 0.2) is 0 Å². The highest BCUT2D eigenvalue weighted by atomic mass is 16.5. The monoisotopic (exact) mass is 200 g/mol. The van der Waals surface area contributed by atoms with Gasteiger partial charge >= 0.3 is 0 Å². The summed E-state index contributed by atoms with van der Waals surface area (Å²) in [5.74, 6) is 0.905. The van der Waals surface area contributed by atoms with Gasteiger partial charge in [-0.15, -0.1) is 0 Å². The number of allylic oxidation sites excluding steroid dienone is 5. The molecule has 0 saturated heterocycles. The molecule has 0 radical (unpaired) electrons. The van der Waals surface area contributed by atoms with Crippen molar-refractivity contribution in [3.8, 4) is 5.75 Å². The number of methoxy groups -OCH3 is 1. The summed E-state index contributed by atoms with van der Waals surface area (Å²) in [6.45, 7) is 3.60. The Balaban J connectivity index is 2.53. The van der Waals surface area contributed by atoms with E-state index in [9.17, 15) is 0 Å². The summed E-state index contributed by atoms with van der Waals surface area (Å²) in [5, 5.41) is 0. The zero-order valence-corrected chi connectivity index (χ0v) is 9.02. The molecule has 78 valence electrons. The summed E-state index contributed by atoms with van der Waals surface area (Å²) < 4.78 is 5.15. The third-order valence-corrected chi connectivity index (χ3v) is 1.98. The van der Waals surface area contributed by atoms with Crippen LogP contribution >= 0.6 is 0 Å². The molecule has 1 rings (SSSR count). The Morgan fingerprint density at radius 1 is 1.27 bits per heavy atom. The van der Waals surface area contributed by atoms with Gasteiger partial charge in [-0.05, 0) is 24.1 Å². The number of benzene rings is 1. The van der Waals surface area contributed by atoms with Gasteiger partial charge in [-0.1, -0.05) is 49.1 Å². The van der Waals surface area contributed by atoms with Crippen LogP contribution in [0.1, 0.15) is 5.56 Å². The lowest BCUT2D eigenvalue weighted by molar-refractivity contribution is 0.414. The lowest BCUT2D eigenvalue weighted by atomic mass is 10.1. The Labute approximate surface area is 91.4 Å². The minimum atomic E-state index is 0.905.